The summed E-state index contributed by atoms with van der Waals surface area (Å²) in [6.45, 7) is 0. The summed E-state index contributed by atoms with van der Waals surface area (Å²) in [6.07, 6.45) is 3.55. The number of rotatable bonds is 16. The van der Waals surface area contributed by atoms with Crippen LogP contribution in [-0.4, -0.2) is 53.3 Å². The maximum Gasteiger partial charge on any atom is 0.488 e. The largest absolute Gasteiger partial charge is 0.488 e. The number of ether oxygens (including phenoxy) is 2. The number of nitrogens with zero attached hydrogens (tertiary/aromatic N) is 2. The van der Waals surface area contributed by atoms with Crippen molar-refractivity contribution in [3.05, 3.63) is 451 Å². The van der Waals surface area contributed by atoms with Gasteiger partial charge in [-0.15, -0.1) is 22.7 Å². The zero-order valence-electron chi connectivity index (χ0n) is 60.9. The minimum atomic E-state index is -1.57. The average Bonchev–Trinajstić information content (AvgIpc) is 0.892. The Morgan fingerprint density at radius 2 is 0.536 bits per heavy atom. The van der Waals surface area contributed by atoms with Crippen LogP contribution in [0, 0.1) is 0 Å². The van der Waals surface area contributed by atoms with Gasteiger partial charge in [0.2, 0.25) is 0 Å². The van der Waals surface area contributed by atoms with Gasteiger partial charge in [0.05, 0.1) is 51.2 Å². The summed E-state index contributed by atoms with van der Waals surface area (Å²) in [5, 5.41) is 34.4. The molecule has 16 aromatic rings. The first-order valence-electron chi connectivity index (χ1n) is 35.1. The Balaban J connectivity index is 0.000000166. The second-order valence-corrected chi connectivity index (χ2v) is 35.6. The molecule has 0 saturated heterocycles. The van der Waals surface area contributed by atoms with Crippen molar-refractivity contribution in [1.29, 1.82) is 0 Å². The summed E-state index contributed by atoms with van der Waals surface area (Å²) >= 11 is 6.36. The Kier molecular flexibility index (Phi) is 38.8. The van der Waals surface area contributed by atoms with Crippen LogP contribution in [-0.2, 0) is 29.9 Å². The molecule has 2 aromatic heterocycles. The molecule has 0 bridgehead atoms. The molecule has 8 nitrogen and oxygen atoms in total. The van der Waals surface area contributed by atoms with Crippen molar-refractivity contribution in [3.63, 3.8) is 0 Å². The fourth-order valence-electron chi connectivity index (χ4n) is 11.1. The van der Waals surface area contributed by atoms with E-state index in [2.05, 4.69) is 399 Å². The molecule has 17 heteroatoms. The third-order valence-electron chi connectivity index (χ3n) is 16.2. The molecule has 0 aliphatic heterocycles. The molecule has 0 fully saturated rings. The number of benzene rings is 14. The maximum absolute atomic E-state index is 11.3. The van der Waals surface area contributed by atoms with Crippen LogP contribution in [0.15, 0.2) is 440 Å². The number of esters is 2. The number of hydrogen-bond donors (Lipinski definition) is 2. The number of thiazole rings is 2. The normalized spacial score (nSPS) is 10.1. The van der Waals surface area contributed by atoms with Gasteiger partial charge in [-0.3, -0.25) is 9.97 Å². The van der Waals surface area contributed by atoms with Gasteiger partial charge in [0.25, 0.3) is 0 Å². The van der Waals surface area contributed by atoms with Gasteiger partial charge in [0, 0.05) is 26.6 Å². The van der Waals surface area contributed by atoms with Gasteiger partial charge >= 0.3 is 19.1 Å². The van der Waals surface area contributed by atoms with Crippen LogP contribution in [0.4, 0.5) is 0 Å². The van der Waals surface area contributed by atoms with Crippen LogP contribution >= 0.6 is 70.3 Å². The Bertz CT molecular complexity index is 4340. The maximum atomic E-state index is 11.3. The van der Waals surface area contributed by atoms with Crippen molar-refractivity contribution in [3.8, 4) is 10.4 Å². The quantitative estimate of drug-likeness (QED) is 0.0558. The van der Waals surface area contributed by atoms with E-state index in [1.54, 1.807) is 64.3 Å². The van der Waals surface area contributed by atoms with E-state index >= 15 is 0 Å². The third kappa shape index (κ3) is 27.8. The Labute approximate surface area is 695 Å². The van der Waals surface area contributed by atoms with Gasteiger partial charge in [-0.05, 0) is 147 Å². The average molecular weight is 1730 g/mol. The van der Waals surface area contributed by atoms with Gasteiger partial charge < -0.3 is 19.5 Å². The van der Waals surface area contributed by atoms with Crippen LogP contribution in [0.25, 0.3) is 10.4 Å². The summed E-state index contributed by atoms with van der Waals surface area (Å²) < 4.78 is 10.2. The molecule has 0 unspecified atom stereocenters. The topological polar surface area (TPSA) is 119 Å². The van der Waals surface area contributed by atoms with Crippen molar-refractivity contribution in [2.24, 2.45) is 0 Å². The van der Waals surface area contributed by atoms with Crippen molar-refractivity contribution in [1.82, 2.24) is 9.97 Å². The van der Waals surface area contributed by atoms with Gasteiger partial charge in [0.1, 0.15) is 0 Å². The van der Waals surface area contributed by atoms with E-state index in [0.717, 1.165) is 14.2 Å². The molecule has 2 N–H and O–H groups in total. The van der Waals surface area contributed by atoms with Gasteiger partial charge in [0.15, 0.2) is 0 Å². The fraction of sp³-hybridized carbons (Fsp3) is 0.0316. The van der Waals surface area contributed by atoms with Crippen molar-refractivity contribution in [2.75, 3.05) is 14.2 Å². The molecule has 112 heavy (non-hydrogen) atoms. The summed E-state index contributed by atoms with van der Waals surface area (Å²) in [4.78, 5) is 31.1. The van der Waals surface area contributed by atoms with E-state index in [0.29, 0.717) is 11.1 Å². The zero-order valence-corrected chi connectivity index (χ0v) is 69.2. The second-order valence-electron chi connectivity index (χ2n) is 23.6. The van der Waals surface area contributed by atoms with E-state index in [-0.39, 0.29) is 39.3 Å². The molecular formula is C95H84BBrN2O6P4PdS2. The number of hydrogen-bond acceptors (Lipinski definition) is 10. The summed E-state index contributed by atoms with van der Waals surface area (Å²) in [5.41, 5.74) is 5.66. The van der Waals surface area contributed by atoms with Gasteiger partial charge in [-0.2, -0.15) is 0 Å². The standard InChI is InChI=1S/4C18H15P.C11H9NO2S.C8H9BO4.C3H2BrNS.CH4.Pd/c4*1-4-10-16(11-5-1)19(17-12-6-2-7-13-17)18-14-8-3-9-15-18;1-14-11(13)9-4-2-3-8(5-9)10-6-12-7-15-10;1-13-8(10)6-3-2-4-7(5-6)9(11)12;4-3-1-5-2-6-3;;/h4*1-15H;2-7H,1H3;2-5,11-12H,1H3;1-2H;1H4;. The van der Waals surface area contributed by atoms with Crippen molar-refractivity contribution >= 4 is 158 Å². The van der Waals surface area contributed by atoms with Gasteiger partial charge in [-0.25, -0.2) is 9.59 Å². The zero-order chi connectivity index (χ0) is 76.6. The molecule has 0 saturated carbocycles. The van der Waals surface area contributed by atoms with E-state index in [9.17, 15) is 9.59 Å². The first-order valence-corrected chi connectivity index (χ1v) is 43.0. The number of methoxy groups -OCH3 is 2. The monoisotopic (exact) mass is 1730 g/mol. The van der Waals surface area contributed by atoms with E-state index < -0.39 is 44.8 Å². The molecule has 562 valence electrons. The van der Waals surface area contributed by atoms with Crippen LogP contribution < -0.4 is 69.1 Å². The van der Waals surface area contributed by atoms with Crippen LogP contribution in [0.1, 0.15) is 28.1 Å². The summed E-state index contributed by atoms with van der Waals surface area (Å²) in [7, 11) is -0.704. The predicted molar refractivity (Wildman–Crippen MR) is 484 cm³/mol. The van der Waals surface area contributed by atoms with Crippen LogP contribution in [0.5, 0.6) is 0 Å². The first-order chi connectivity index (χ1) is 54.1. The van der Waals surface area contributed by atoms with E-state index in [1.807, 2.05) is 12.1 Å². The minimum Gasteiger partial charge on any atom is -0.465 e. The smallest absolute Gasteiger partial charge is 0.465 e. The van der Waals surface area contributed by atoms with Crippen LogP contribution in [0.3, 0.4) is 0 Å². The fourth-order valence-corrected chi connectivity index (χ4v) is 21.7. The third-order valence-corrected chi connectivity index (χ3v) is 28.1. The first kappa shape index (κ1) is 87.7. The van der Waals surface area contributed by atoms with Gasteiger partial charge in [-0.1, -0.05) is 396 Å². The molecule has 0 radical (unpaired) electrons. The van der Waals surface area contributed by atoms with E-state index in [1.165, 1.54) is 96.1 Å². The molecule has 16 rings (SSSR count). The number of carbonyl (C=O) groups is 2. The molecule has 0 aliphatic carbocycles. The summed E-state index contributed by atoms with van der Waals surface area (Å²) in [6, 6.07) is 143. The second kappa shape index (κ2) is 49.5. The molecule has 0 aliphatic rings. The van der Waals surface area contributed by atoms with Crippen LogP contribution in [0.2, 0.25) is 0 Å². The number of halogens is 1. The Morgan fingerprint density at radius 1 is 0.312 bits per heavy atom. The van der Waals surface area contributed by atoms with E-state index in [4.69, 9.17) is 10.0 Å². The molecule has 0 amide bonds. The Hall–Kier alpha value is -9.87. The van der Waals surface area contributed by atoms with Crippen molar-refractivity contribution in [2.45, 2.75) is 7.43 Å². The SMILES string of the molecule is Brc1cncs1.C.COC(=O)c1cccc(-c2cncs2)c1.COC(=O)c1cccc(B(O)O)c1.[Pd].c1ccc(P(c2ccccc2)c2ccccc2)cc1.c1ccc(P(c2ccccc2)c2ccccc2)cc1.c1ccc(P(c2ccccc2)c2ccccc2)cc1.c1ccc(P(c2ccccc2)c2ccccc2)cc1. The molecule has 0 atom stereocenters. The predicted octanol–water partition coefficient (Wildman–Crippen LogP) is 18.1. The molecule has 14 aromatic carbocycles. The number of aromatic nitrogens is 2. The Morgan fingerprint density at radius 3 is 0.723 bits per heavy atom. The summed E-state index contributed by atoms with van der Waals surface area (Å²) in [5.74, 6) is -0.816. The molecule has 2 heterocycles. The minimum absolute atomic E-state index is 0. The number of carbonyl (C=O) groups excluding carboxylic acids is 2. The molecular weight excluding hydrogens is 1650 g/mol. The molecule has 0 spiro atoms. The van der Waals surface area contributed by atoms with Crippen molar-refractivity contribution < 1.29 is 49.5 Å².